The van der Waals surface area contributed by atoms with E-state index in [0.717, 1.165) is 0 Å². The number of amides is 2. The fraction of sp³-hybridized carbons (Fsp3) is 0.500. The fourth-order valence-electron chi connectivity index (χ4n) is 2.71. The molecular weight excluding hydrogens is 340 g/mol. The van der Waals surface area contributed by atoms with Gasteiger partial charge in [0.2, 0.25) is 5.91 Å². The van der Waals surface area contributed by atoms with Crippen LogP contribution in [0, 0.1) is 5.92 Å². The van der Waals surface area contributed by atoms with Gasteiger partial charge in [-0.2, -0.15) is 0 Å². The molecule has 0 spiro atoms. The van der Waals surface area contributed by atoms with Crippen LogP contribution < -0.4 is 5.32 Å². The Morgan fingerprint density at radius 2 is 1.96 bits per heavy atom. The molecule has 26 heavy (non-hydrogen) atoms. The quantitative estimate of drug-likeness (QED) is 0.710. The van der Waals surface area contributed by atoms with E-state index in [1.807, 2.05) is 0 Å². The summed E-state index contributed by atoms with van der Waals surface area (Å²) in [7, 11) is 0. The van der Waals surface area contributed by atoms with E-state index in [-0.39, 0.29) is 29.5 Å². The third-order valence-corrected chi connectivity index (χ3v) is 3.94. The second-order valence-corrected chi connectivity index (χ2v) is 7.29. The van der Waals surface area contributed by atoms with Crippen LogP contribution in [0.5, 0.6) is 5.75 Å². The summed E-state index contributed by atoms with van der Waals surface area (Å²) in [6, 6.07) is 3.84. The van der Waals surface area contributed by atoms with Crippen molar-refractivity contribution < 1.29 is 29.3 Å². The molecule has 1 atom stereocenters. The van der Waals surface area contributed by atoms with Gasteiger partial charge in [-0.1, -0.05) is 0 Å². The Morgan fingerprint density at radius 1 is 1.27 bits per heavy atom. The fourth-order valence-corrected chi connectivity index (χ4v) is 2.71. The van der Waals surface area contributed by atoms with Gasteiger partial charge >= 0.3 is 12.1 Å². The molecule has 0 saturated carbocycles. The van der Waals surface area contributed by atoms with Crippen LogP contribution >= 0.6 is 0 Å². The zero-order valence-electron chi connectivity index (χ0n) is 15.1. The van der Waals surface area contributed by atoms with Crippen LogP contribution in [-0.4, -0.2) is 51.8 Å². The lowest BCUT2D eigenvalue weighted by Gasteiger charge is -2.33. The number of aromatic carboxylic acids is 1. The molecule has 3 N–H and O–H groups in total. The number of nitrogens with one attached hydrogen (secondary N) is 1. The summed E-state index contributed by atoms with van der Waals surface area (Å²) < 4.78 is 5.34. The summed E-state index contributed by atoms with van der Waals surface area (Å²) in [5, 5.41) is 21.2. The SMILES string of the molecule is CC(C)(C)OC(=O)N1CCCC(C(=O)Nc2ccc(O)c(C(=O)O)c2)C1. The molecule has 1 heterocycles. The van der Waals surface area contributed by atoms with Gasteiger partial charge < -0.3 is 25.2 Å². The molecule has 142 valence electrons. The highest BCUT2D eigenvalue weighted by molar-refractivity contribution is 5.96. The highest BCUT2D eigenvalue weighted by Gasteiger charge is 2.31. The first kappa shape index (κ1) is 19.6. The number of nitrogens with zero attached hydrogens (tertiary/aromatic N) is 1. The van der Waals surface area contributed by atoms with Crippen molar-refractivity contribution in [1.82, 2.24) is 4.90 Å². The van der Waals surface area contributed by atoms with Crippen LogP contribution in [0.2, 0.25) is 0 Å². The molecule has 1 aromatic rings. The van der Waals surface area contributed by atoms with E-state index < -0.39 is 23.6 Å². The maximum atomic E-state index is 12.5. The van der Waals surface area contributed by atoms with Gasteiger partial charge in [-0.3, -0.25) is 4.79 Å². The van der Waals surface area contributed by atoms with Gasteiger partial charge in [-0.15, -0.1) is 0 Å². The van der Waals surface area contributed by atoms with E-state index in [0.29, 0.717) is 19.4 Å². The number of likely N-dealkylation sites (tertiary alicyclic amines) is 1. The Labute approximate surface area is 151 Å². The molecule has 0 aliphatic carbocycles. The molecular formula is C18H24N2O6. The molecule has 0 bridgehead atoms. The summed E-state index contributed by atoms with van der Waals surface area (Å²) in [6.07, 6.45) is 0.843. The predicted octanol–water partition coefficient (Wildman–Crippen LogP) is 2.68. The Hall–Kier alpha value is -2.77. The van der Waals surface area contributed by atoms with Crippen LogP contribution in [0.4, 0.5) is 10.5 Å². The number of rotatable bonds is 3. The molecule has 1 aliphatic heterocycles. The minimum absolute atomic E-state index is 0.241. The number of carboxylic acids is 1. The Morgan fingerprint density at radius 3 is 2.58 bits per heavy atom. The number of carboxylic acid groups (broad SMARTS) is 1. The van der Waals surface area contributed by atoms with Crippen molar-refractivity contribution in [3.05, 3.63) is 23.8 Å². The summed E-state index contributed by atoms with van der Waals surface area (Å²) in [5.74, 6) is -2.38. The van der Waals surface area contributed by atoms with E-state index in [1.54, 1.807) is 20.8 Å². The van der Waals surface area contributed by atoms with Crippen LogP contribution in [0.25, 0.3) is 0 Å². The molecule has 0 aromatic heterocycles. The van der Waals surface area contributed by atoms with Crippen LogP contribution in [0.1, 0.15) is 44.0 Å². The Bertz CT molecular complexity index is 710. The molecule has 0 radical (unpaired) electrons. The average Bonchev–Trinajstić information content (AvgIpc) is 2.55. The Balaban J connectivity index is 2.02. The maximum Gasteiger partial charge on any atom is 0.410 e. The number of ether oxygens (including phenoxy) is 1. The standard InChI is InChI=1S/C18H24N2O6/c1-18(2,3)26-17(25)20-8-4-5-11(10-20)15(22)19-12-6-7-14(21)13(9-12)16(23)24/h6-7,9,11,21H,4-5,8,10H2,1-3H3,(H,19,22)(H,23,24). The number of piperidine rings is 1. The van der Waals surface area contributed by atoms with Crippen LogP contribution in [-0.2, 0) is 9.53 Å². The highest BCUT2D eigenvalue weighted by atomic mass is 16.6. The van der Waals surface area contributed by atoms with E-state index in [9.17, 15) is 19.5 Å². The number of carbonyl (C=O) groups is 3. The average molecular weight is 364 g/mol. The van der Waals surface area contributed by atoms with E-state index >= 15 is 0 Å². The van der Waals surface area contributed by atoms with Gasteiger partial charge in [0.25, 0.3) is 0 Å². The molecule has 1 aliphatic rings. The van der Waals surface area contributed by atoms with Crippen molar-refractivity contribution in [3.63, 3.8) is 0 Å². The minimum Gasteiger partial charge on any atom is -0.507 e. The zero-order chi connectivity index (χ0) is 19.5. The normalized spacial score (nSPS) is 17.5. The molecule has 2 rings (SSSR count). The van der Waals surface area contributed by atoms with Crippen LogP contribution in [0.15, 0.2) is 18.2 Å². The molecule has 2 amide bonds. The third kappa shape index (κ3) is 5.11. The first-order chi connectivity index (χ1) is 12.1. The second-order valence-electron chi connectivity index (χ2n) is 7.29. The number of aromatic hydroxyl groups is 1. The van der Waals surface area contributed by atoms with Crippen molar-refractivity contribution in [2.45, 2.75) is 39.2 Å². The summed E-state index contributed by atoms with van der Waals surface area (Å²) in [4.78, 5) is 37.2. The predicted molar refractivity (Wildman–Crippen MR) is 94.2 cm³/mol. The van der Waals surface area contributed by atoms with Gasteiger partial charge in [0.1, 0.15) is 16.9 Å². The van der Waals surface area contributed by atoms with Crippen molar-refractivity contribution in [1.29, 1.82) is 0 Å². The molecule has 1 fully saturated rings. The molecule has 1 saturated heterocycles. The largest absolute Gasteiger partial charge is 0.507 e. The van der Waals surface area contributed by atoms with Gasteiger partial charge in [0.15, 0.2) is 0 Å². The number of carbonyl (C=O) groups excluding carboxylic acids is 2. The second kappa shape index (κ2) is 7.63. The van der Waals surface area contributed by atoms with E-state index in [2.05, 4.69) is 5.32 Å². The molecule has 8 heteroatoms. The number of hydrogen-bond donors (Lipinski definition) is 3. The molecule has 8 nitrogen and oxygen atoms in total. The van der Waals surface area contributed by atoms with Crippen molar-refractivity contribution in [2.24, 2.45) is 5.92 Å². The van der Waals surface area contributed by atoms with Gasteiger partial charge in [0.05, 0.1) is 5.92 Å². The van der Waals surface area contributed by atoms with Gasteiger partial charge in [0, 0.05) is 18.8 Å². The monoisotopic (exact) mass is 364 g/mol. The van der Waals surface area contributed by atoms with Crippen molar-refractivity contribution >= 4 is 23.7 Å². The first-order valence-corrected chi connectivity index (χ1v) is 8.42. The number of benzene rings is 1. The van der Waals surface area contributed by atoms with Gasteiger partial charge in [-0.05, 0) is 51.8 Å². The minimum atomic E-state index is -1.28. The maximum absolute atomic E-state index is 12.5. The van der Waals surface area contributed by atoms with E-state index in [4.69, 9.17) is 9.84 Å². The third-order valence-electron chi connectivity index (χ3n) is 3.94. The lowest BCUT2D eigenvalue weighted by atomic mass is 9.97. The number of anilines is 1. The number of phenols is 1. The smallest absolute Gasteiger partial charge is 0.410 e. The lowest BCUT2D eigenvalue weighted by Crippen LogP contribution is -2.45. The van der Waals surface area contributed by atoms with Gasteiger partial charge in [-0.25, -0.2) is 9.59 Å². The number of hydrogen-bond acceptors (Lipinski definition) is 5. The highest BCUT2D eigenvalue weighted by Crippen LogP contribution is 2.24. The topological polar surface area (TPSA) is 116 Å². The summed E-state index contributed by atoms with van der Waals surface area (Å²) >= 11 is 0. The van der Waals surface area contributed by atoms with E-state index in [1.165, 1.54) is 23.1 Å². The summed E-state index contributed by atoms with van der Waals surface area (Å²) in [5.41, 5.74) is -0.618. The molecule has 1 unspecified atom stereocenters. The first-order valence-electron chi connectivity index (χ1n) is 8.42. The van der Waals surface area contributed by atoms with Crippen LogP contribution in [0.3, 0.4) is 0 Å². The Kier molecular flexibility index (Phi) is 5.74. The lowest BCUT2D eigenvalue weighted by molar-refractivity contribution is -0.121. The zero-order valence-corrected chi connectivity index (χ0v) is 15.1. The van der Waals surface area contributed by atoms with Crippen molar-refractivity contribution in [2.75, 3.05) is 18.4 Å². The summed E-state index contributed by atoms with van der Waals surface area (Å²) in [6.45, 7) is 6.11. The molecule has 1 aromatic carbocycles. The van der Waals surface area contributed by atoms with Crippen molar-refractivity contribution in [3.8, 4) is 5.75 Å².